The summed E-state index contributed by atoms with van der Waals surface area (Å²) in [6, 6.07) is 0. The Morgan fingerprint density at radius 2 is 1.95 bits per heavy atom. The number of nitrogen functional groups attached to an aromatic ring is 1. The summed E-state index contributed by atoms with van der Waals surface area (Å²) in [4.78, 5) is 27.8. The Hall–Kier alpha value is -2.13. The van der Waals surface area contributed by atoms with Gasteiger partial charge in [-0.2, -0.15) is 4.98 Å². The minimum Gasteiger partial charge on any atom is -0.394 e. The highest BCUT2D eigenvalue weighted by atomic mass is 16.3. The molecule has 0 amide bonds. The monoisotopic (exact) mass is 269 g/mol. The molecule has 9 nitrogen and oxygen atoms in total. The zero-order valence-electron chi connectivity index (χ0n) is 10.6. The fourth-order valence-electron chi connectivity index (χ4n) is 1.92. The molecule has 0 aliphatic heterocycles. The van der Waals surface area contributed by atoms with Crippen LogP contribution in [0.5, 0.6) is 0 Å². The first kappa shape index (κ1) is 13.3. The largest absolute Gasteiger partial charge is 0.394 e. The number of nitrogens with two attached hydrogens (primary N) is 1. The second-order valence-electron chi connectivity index (χ2n) is 4.29. The lowest BCUT2D eigenvalue weighted by Gasteiger charge is -2.10. The SMILES string of the molecule is Cn1c(=O)c2c(nc(N)n2CC(O)CO)n(C)c1=O. The molecule has 2 heterocycles. The highest BCUT2D eigenvalue weighted by Crippen LogP contribution is 2.13. The maximum absolute atomic E-state index is 12.1. The Balaban J connectivity index is 2.83. The van der Waals surface area contributed by atoms with Crippen LogP contribution in [0.1, 0.15) is 0 Å². The van der Waals surface area contributed by atoms with Gasteiger partial charge < -0.3 is 20.5 Å². The van der Waals surface area contributed by atoms with Crippen molar-refractivity contribution in [2.45, 2.75) is 12.6 Å². The zero-order valence-corrected chi connectivity index (χ0v) is 10.6. The van der Waals surface area contributed by atoms with Crippen LogP contribution in [0, 0.1) is 0 Å². The maximum atomic E-state index is 12.1. The number of hydrogen-bond acceptors (Lipinski definition) is 6. The molecular formula is C10H15N5O4. The number of nitrogens with zero attached hydrogens (tertiary/aromatic N) is 4. The van der Waals surface area contributed by atoms with E-state index < -0.39 is 24.0 Å². The molecule has 2 rings (SSSR count). The Bertz CT molecular complexity index is 741. The fraction of sp³-hybridized carbons (Fsp3) is 0.500. The van der Waals surface area contributed by atoms with Gasteiger partial charge in [0.15, 0.2) is 11.2 Å². The third-order valence-electron chi connectivity index (χ3n) is 2.98. The van der Waals surface area contributed by atoms with Crippen LogP contribution in [0.4, 0.5) is 5.95 Å². The van der Waals surface area contributed by atoms with Gasteiger partial charge in [0.2, 0.25) is 5.95 Å². The number of aliphatic hydroxyl groups excluding tert-OH is 2. The van der Waals surface area contributed by atoms with E-state index >= 15 is 0 Å². The summed E-state index contributed by atoms with van der Waals surface area (Å²) < 4.78 is 3.43. The predicted molar refractivity (Wildman–Crippen MR) is 67.7 cm³/mol. The van der Waals surface area contributed by atoms with Crippen molar-refractivity contribution >= 4 is 17.1 Å². The first-order valence-corrected chi connectivity index (χ1v) is 5.59. The summed E-state index contributed by atoms with van der Waals surface area (Å²) in [5, 5.41) is 18.3. The van der Waals surface area contributed by atoms with E-state index in [0.29, 0.717) is 0 Å². The number of anilines is 1. The normalized spacial score (nSPS) is 13.1. The zero-order chi connectivity index (χ0) is 14.3. The molecule has 2 aromatic heterocycles. The van der Waals surface area contributed by atoms with Gasteiger partial charge in [0.25, 0.3) is 5.56 Å². The number of aromatic nitrogens is 4. The second-order valence-corrected chi connectivity index (χ2v) is 4.29. The van der Waals surface area contributed by atoms with Crippen LogP contribution < -0.4 is 17.0 Å². The summed E-state index contributed by atoms with van der Waals surface area (Å²) >= 11 is 0. The van der Waals surface area contributed by atoms with Crippen LogP contribution >= 0.6 is 0 Å². The van der Waals surface area contributed by atoms with Gasteiger partial charge in [-0.1, -0.05) is 0 Å². The van der Waals surface area contributed by atoms with Gasteiger partial charge in [-0.15, -0.1) is 0 Å². The van der Waals surface area contributed by atoms with Gasteiger partial charge in [-0.3, -0.25) is 13.9 Å². The quantitative estimate of drug-likeness (QED) is 0.559. The molecule has 9 heteroatoms. The van der Waals surface area contributed by atoms with E-state index in [1.165, 1.54) is 23.2 Å². The van der Waals surface area contributed by atoms with Crippen LogP contribution in [0.2, 0.25) is 0 Å². The van der Waals surface area contributed by atoms with Crippen molar-refractivity contribution in [3.8, 4) is 0 Å². The van der Waals surface area contributed by atoms with Crippen molar-refractivity contribution in [2.75, 3.05) is 12.3 Å². The molecule has 104 valence electrons. The minimum atomic E-state index is -1.07. The van der Waals surface area contributed by atoms with E-state index in [1.54, 1.807) is 0 Å². The fourth-order valence-corrected chi connectivity index (χ4v) is 1.92. The molecule has 2 aromatic rings. The summed E-state index contributed by atoms with van der Waals surface area (Å²) in [6.45, 7) is -0.544. The standard InChI is InChI=1S/C10H15N5O4/c1-13-7-6(8(18)14(2)10(13)19)15(9(11)12-7)3-5(17)4-16/h5,16-17H,3-4H2,1-2H3,(H2,11,12). The molecule has 0 aromatic carbocycles. The molecule has 0 aliphatic carbocycles. The van der Waals surface area contributed by atoms with Gasteiger partial charge in [-0.25, -0.2) is 4.79 Å². The first-order valence-electron chi connectivity index (χ1n) is 5.59. The molecule has 1 atom stereocenters. The lowest BCUT2D eigenvalue weighted by Crippen LogP contribution is -2.38. The van der Waals surface area contributed by atoms with Crippen molar-refractivity contribution in [2.24, 2.45) is 14.1 Å². The summed E-state index contributed by atoms with van der Waals surface area (Å²) in [5.41, 5.74) is 4.90. The molecule has 0 saturated heterocycles. The van der Waals surface area contributed by atoms with E-state index in [4.69, 9.17) is 10.8 Å². The average molecular weight is 269 g/mol. The molecule has 0 aliphatic rings. The van der Waals surface area contributed by atoms with E-state index in [9.17, 15) is 14.7 Å². The molecule has 0 bridgehead atoms. The molecule has 4 N–H and O–H groups in total. The van der Waals surface area contributed by atoms with Crippen molar-refractivity contribution in [1.82, 2.24) is 18.7 Å². The highest BCUT2D eigenvalue weighted by Gasteiger charge is 2.19. The van der Waals surface area contributed by atoms with Gasteiger partial charge in [-0.05, 0) is 0 Å². The Labute approximate surface area is 107 Å². The molecule has 19 heavy (non-hydrogen) atoms. The maximum Gasteiger partial charge on any atom is 0.332 e. The third kappa shape index (κ3) is 1.92. The van der Waals surface area contributed by atoms with Crippen LogP contribution in [0.15, 0.2) is 9.59 Å². The number of aryl methyl sites for hydroxylation is 1. The van der Waals surface area contributed by atoms with Gasteiger partial charge in [0.05, 0.1) is 19.3 Å². The topological polar surface area (TPSA) is 128 Å². The number of rotatable bonds is 3. The lowest BCUT2D eigenvalue weighted by molar-refractivity contribution is 0.0825. The summed E-state index contributed by atoms with van der Waals surface area (Å²) in [6.07, 6.45) is -1.07. The van der Waals surface area contributed by atoms with Gasteiger partial charge in [0.1, 0.15) is 0 Å². The molecular weight excluding hydrogens is 254 g/mol. The average Bonchev–Trinajstić information content (AvgIpc) is 2.71. The summed E-state index contributed by atoms with van der Waals surface area (Å²) in [7, 11) is 2.82. The molecule has 0 fully saturated rings. The lowest BCUT2D eigenvalue weighted by atomic mass is 10.3. The molecule has 0 radical (unpaired) electrons. The third-order valence-corrected chi connectivity index (χ3v) is 2.98. The van der Waals surface area contributed by atoms with Crippen LogP contribution in [0.3, 0.4) is 0 Å². The first-order chi connectivity index (χ1) is 8.88. The van der Waals surface area contributed by atoms with Crippen LogP contribution in [-0.4, -0.2) is 41.6 Å². The van der Waals surface area contributed by atoms with E-state index in [0.717, 1.165) is 4.57 Å². The molecule has 0 spiro atoms. The minimum absolute atomic E-state index is 0.000741. The van der Waals surface area contributed by atoms with Crippen molar-refractivity contribution < 1.29 is 10.2 Å². The number of hydrogen-bond donors (Lipinski definition) is 3. The number of imidazole rings is 1. The van der Waals surface area contributed by atoms with Crippen molar-refractivity contribution in [3.63, 3.8) is 0 Å². The van der Waals surface area contributed by atoms with Crippen molar-refractivity contribution in [1.29, 1.82) is 0 Å². The van der Waals surface area contributed by atoms with Gasteiger partial charge in [0, 0.05) is 14.1 Å². The Kier molecular flexibility index (Phi) is 3.16. The van der Waals surface area contributed by atoms with E-state index in [-0.39, 0.29) is 23.7 Å². The summed E-state index contributed by atoms with van der Waals surface area (Å²) in [5.74, 6) is 0.000741. The van der Waals surface area contributed by atoms with E-state index in [1.807, 2.05) is 0 Å². The smallest absolute Gasteiger partial charge is 0.332 e. The number of aliphatic hydroxyl groups is 2. The Morgan fingerprint density at radius 1 is 1.32 bits per heavy atom. The van der Waals surface area contributed by atoms with Gasteiger partial charge >= 0.3 is 5.69 Å². The Morgan fingerprint density at radius 3 is 2.53 bits per heavy atom. The highest BCUT2D eigenvalue weighted by molar-refractivity contribution is 5.73. The molecule has 1 unspecified atom stereocenters. The van der Waals surface area contributed by atoms with Crippen LogP contribution in [0.25, 0.3) is 11.2 Å². The predicted octanol–water partition coefficient (Wildman–Crippen LogP) is -2.63. The number of fused-ring (bicyclic) bond motifs is 1. The second kappa shape index (κ2) is 4.52. The van der Waals surface area contributed by atoms with Crippen molar-refractivity contribution in [3.05, 3.63) is 20.8 Å². The molecule has 0 saturated carbocycles. The van der Waals surface area contributed by atoms with E-state index in [2.05, 4.69) is 4.98 Å². The van der Waals surface area contributed by atoms with Crippen LogP contribution in [-0.2, 0) is 20.6 Å².